The van der Waals surface area contributed by atoms with Crippen molar-refractivity contribution in [3.8, 4) is 5.75 Å². The van der Waals surface area contributed by atoms with E-state index in [1.165, 1.54) is 0 Å². The normalized spacial score (nSPS) is 11.1. The van der Waals surface area contributed by atoms with Crippen LogP contribution in [0.5, 0.6) is 5.75 Å². The standard InChI is InChI=1S/C10H7N3O/c14-8-2-1-7-3-4-13-6-11-12-10(13)9(7)5-8/h1-6,14H. The molecule has 0 amide bonds. The molecule has 0 spiro atoms. The van der Waals surface area contributed by atoms with Crippen molar-refractivity contribution in [2.24, 2.45) is 0 Å². The second-order valence-electron chi connectivity index (χ2n) is 3.15. The predicted molar refractivity (Wildman–Crippen MR) is 52.2 cm³/mol. The summed E-state index contributed by atoms with van der Waals surface area (Å²) in [5.74, 6) is 0.244. The summed E-state index contributed by atoms with van der Waals surface area (Å²) in [6, 6.07) is 7.18. The van der Waals surface area contributed by atoms with Crippen molar-refractivity contribution in [2.75, 3.05) is 0 Å². The molecule has 0 radical (unpaired) electrons. The quantitative estimate of drug-likeness (QED) is 0.578. The fourth-order valence-corrected chi connectivity index (χ4v) is 1.59. The molecule has 0 bridgehead atoms. The minimum Gasteiger partial charge on any atom is -0.508 e. The third-order valence-electron chi connectivity index (χ3n) is 2.27. The van der Waals surface area contributed by atoms with E-state index < -0.39 is 0 Å². The number of aromatic nitrogens is 3. The number of pyridine rings is 1. The zero-order valence-corrected chi connectivity index (χ0v) is 7.25. The number of rotatable bonds is 0. The molecule has 2 heterocycles. The smallest absolute Gasteiger partial charge is 0.168 e. The van der Waals surface area contributed by atoms with E-state index in [1.54, 1.807) is 18.5 Å². The van der Waals surface area contributed by atoms with Crippen LogP contribution in [0.15, 0.2) is 36.8 Å². The average molecular weight is 185 g/mol. The van der Waals surface area contributed by atoms with E-state index in [9.17, 15) is 5.11 Å². The number of phenolic OH excluding ortho intramolecular Hbond substituents is 1. The van der Waals surface area contributed by atoms with Crippen molar-refractivity contribution in [3.05, 3.63) is 36.8 Å². The van der Waals surface area contributed by atoms with Gasteiger partial charge in [-0.25, -0.2) is 0 Å². The molecule has 1 N–H and O–H groups in total. The third kappa shape index (κ3) is 0.877. The molecule has 0 unspecified atom stereocenters. The summed E-state index contributed by atoms with van der Waals surface area (Å²) in [6.07, 6.45) is 3.54. The van der Waals surface area contributed by atoms with Gasteiger partial charge in [-0.3, -0.25) is 4.40 Å². The van der Waals surface area contributed by atoms with Crippen LogP contribution in [0.2, 0.25) is 0 Å². The number of nitrogens with zero attached hydrogens (tertiary/aromatic N) is 3. The third-order valence-corrected chi connectivity index (χ3v) is 2.27. The van der Waals surface area contributed by atoms with Gasteiger partial charge < -0.3 is 5.11 Å². The van der Waals surface area contributed by atoms with Crippen molar-refractivity contribution in [1.82, 2.24) is 14.6 Å². The molecular formula is C10H7N3O. The number of phenols is 1. The minimum atomic E-state index is 0.244. The van der Waals surface area contributed by atoms with Crippen LogP contribution in [-0.2, 0) is 0 Å². The van der Waals surface area contributed by atoms with Crippen molar-refractivity contribution in [2.45, 2.75) is 0 Å². The number of benzene rings is 1. The molecule has 0 atom stereocenters. The van der Waals surface area contributed by atoms with E-state index in [2.05, 4.69) is 10.2 Å². The number of hydrogen-bond donors (Lipinski definition) is 1. The lowest BCUT2D eigenvalue weighted by molar-refractivity contribution is 0.476. The zero-order valence-electron chi connectivity index (χ0n) is 7.25. The Morgan fingerprint density at radius 2 is 2.14 bits per heavy atom. The number of hydrogen-bond acceptors (Lipinski definition) is 3. The summed E-state index contributed by atoms with van der Waals surface area (Å²) in [7, 11) is 0. The Morgan fingerprint density at radius 1 is 1.21 bits per heavy atom. The highest BCUT2D eigenvalue weighted by Gasteiger charge is 2.02. The van der Waals surface area contributed by atoms with Gasteiger partial charge in [0.15, 0.2) is 5.65 Å². The summed E-state index contributed by atoms with van der Waals surface area (Å²) in [4.78, 5) is 0. The van der Waals surface area contributed by atoms with Crippen molar-refractivity contribution < 1.29 is 5.11 Å². The maximum Gasteiger partial charge on any atom is 0.168 e. The summed E-state index contributed by atoms with van der Waals surface area (Å²) in [5.41, 5.74) is 0.762. The molecule has 68 valence electrons. The van der Waals surface area contributed by atoms with E-state index in [1.807, 2.05) is 22.7 Å². The van der Waals surface area contributed by atoms with Crippen LogP contribution < -0.4 is 0 Å². The van der Waals surface area contributed by atoms with Crippen LogP contribution in [0.25, 0.3) is 16.4 Å². The Labute approximate surface area is 79.4 Å². The fraction of sp³-hybridized carbons (Fsp3) is 0. The molecule has 2 aromatic heterocycles. The van der Waals surface area contributed by atoms with Crippen molar-refractivity contribution in [1.29, 1.82) is 0 Å². The first-order valence-corrected chi connectivity index (χ1v) is 4.26. The Morgan fingerprint density at radius 3 is 3.07 bits per heavy atom. The van der Waals surface area contributed by atoms with Crippen molar-refractivity contribution in [3.63, 3.8) is 0 Å². The van der Waals surface area contributed by atoms with Gasteiger partial charge in [0.1, 0.15) is 12.1 Å². The van der Waals surface area contributed by atoms with Gasteiger partial charge in [-0.2, -0.15) is 0 Å². The minimum absolute atomic E-state index is 0.244. The van der Waals surface area contributed by atoms with Gasteiger partial charge in [0.2, 0.25) is 0 Å². The predicted octanol–water partition coefficient (Wildman–Crippen LogP) is 1.59. The summed E-state index contributed by atoms with van der Waals surface area (Å²) < 4.78 is 1.82. The Bertz CT molecular complexity index is 615. The van der Waals surface area contributed by atoms with Crippen LogP contribution in [0.1, 0.15) is 0 Å². The molecule has 0 aliphatic carbocycles. The zero-order chi connectivity index (χ0) is 9.54. The average Bonchev–Trinajstić information content (AvgIpc) is 2.65. The van der Waals surface area contributed by atoms with E-state index in [-0.39, 0.29) is 5.75 Å². The van der Waals surface area contributed by atoms with Gasteiger partial charge in [0.25, 0.3) is 0 Å². The molecule has 0 fully saturated rings. The highest BCUT2D eigenvalue weighted by Crippen LogP contribution is 2.22. The molecule has 4 nitrogen and oxygen atoms in total. The van der Waals surface area contributed by atoms with E-state index in [4.69, 9.17) is 0 Å². The maximum atomic E-state index is 9.37. The first-order valence-electron chi connectivity index (χ1n) is 4.26. The maximum absolute atomic E-state index is 9.37. The van der Waals surface area contributed by atoms with Crippen LogP contribution in [0.3, 0.4) is 0 Å². The Kier molecular flexibility index (Phi) is 1.28. The molecule has 4 heteroatoms. The second kappa shape index (κ2) is 2.45. The van der Waals surface area contributed by atoms with Gasteiger partial charge in [-0.1, -0.05) is 6.07 Å². The summed E-state index contributed by atoms with van der Waals surface area (Å²) in [6.45, 7) is 0. The van der Waals surface area contributed by atoms with Gasteiger partial charge in [0, 0.05) is 11.6 Å². The molecule has 1 aromatic carbocycles. The molecule has 14 heavy (non-hydrogen) atoms. The Hall–Kier alpha value is -2.10. The van der Waals surface area contributed by atoms with Crippen LogP contribution >= 0.6 is 0 Å². The van der Waals surface area contributed by atoms with Crippen LogP contribution in [0.4, 0.5) is 0 Å². The molecule has 3 aromatic rings. The van der Waals surface area contributed by atoms with Crippen LogP contribution in [0, 0.1) is 0 Å². The summed E-state index contributed by atoms with van der Waals surface area (Å²) >= 11 is 0. The first kappa shape index (κ1) is 7.32. The number of aromatic hydroxyl groups is 1. The molecule has 0 aliphatic heterocycles. The first-order chi connectivity index (χ1) is 6.84. The molecule has 0 saturated carbocycles. The summed E-state index contributed by atoms with van der Waals surface area (Å²) in [5, 5.41) is 19.1. The number of fused-ring (bicyclic) bond motifs is 3. The fourth-order valence-electron chi connectivity index (χ4n) is 1.59. The van der Waals surface area contributed by atoms with E-state index in [0.717, 1.165) is 16.4 Å². The van der Waals surface area contributed by atoms with Crippen molar-refractivity contribution >= 4 is 16.4 Å². The van der Waals surface area contributed by atoms with E-state index >= 15 is 0 Å². The van der Waals surface area contributed by atoms with Gasteiger partial charge in [-0.05, 0) is 23.6 Å². The lowest BCUT2D eigenvalue weighted by Gasteiger charge is -1.99. The second-order valence-corrected chi connectivity index (χ2v) is 3.15. The molecule has 3 rings (SSSR count). The molecule has 0 saturated heterocycles. The lowest BCUT2D eigenvalue weighted by Crippen LogP contribution is -1.83. The molecule has 0 aliphatic rings. The highest BCUT2D eigenvalue weighted by atomic mass is 16.3. The largest absolute Gasteiger partial charge is 0.508 e. The lowest BCUT2D eigenvalue weighted by atomic mass is 10.1. The van der Waals surface area contributed by atoms with E-state index in [0.29, 0.717) is 0 Å². The van der Waals surface area contributed by atoms with Gasteiger partial charge in [0.05, 0.1) is 0 Å². The molecular weight excluding hydrogens is 178 g/mol. The van der Waals surface area contributed by atoms with Gasteiger partial charge >= 0.3 is 0 Å². The van der Waals surface area contributed by atoms with Gasteiger partial charge in [-0.15, -0.1) is 10.2 Å². The monoisotopic (exact) mass is 185 g/mol. The SMILES string of the molecule is Oc1ccc2ccn3cnnc3c2c1. The topological polar surface area (TPSA) is 50.4 Å². The highest BCUT2D eigenvalue weighted by molar-refractivity contribution is 5.94. The van der Waals surface area contributed by atoms with Crippen LogP contribution in [-0.4, -0.2) is 19.7 Å². The Balaban J connectivity index is 2.60.